The Bertz CT molecular complexity index is 205. The molecule has 0 aliphatic carbocycles. The van der Waals surface area contributed by atoms with Crippen LogP contribution in [-0.2, 0) is 0 Å². The van der Waals surface area contributed by atoms with Gasteiger partial charge in [0.1, 0.15) is 0 Å². The van der Waals surface area contributed by atoms with Crippen molar-refractivity contribution < 1.29 is 126 Å². The Hall–Kier alpha value is 1.42. The second-order valence-corrected chi connectivity index (χ2v) is 2.15. The van der Waals surface area contributed by atoms with Crippen LogP contribution in [0.4, 0.5) is 0 Å². The van der Waals surface area contributed by atoms with Gasteiger partial charge in [0.15, 0.2) is 24.8 Å². The summed E-state index contributed by atoms with van der Waals surface area (Å²) in [6, 6.07) is 11.7. The zero-order valence-corrected chi connectivity index (χ0v) is 17.2. The molecule has 9 heteroatoms. The van der Waals surface area contributed by atoms with Gasteiger partial charge in [0.25, 0.3) is 0 Å². The fourth-order valence-electron chi connectivity index (χ4n) is 0.684. The summed E-state index contributed by atoms with van der Waals surface area (Å²) in [5, 5.41) is 0. The summed E-state index contributed by atoms with van der Waals surface area (Å²) in [5.41, 5.74) is 0. The van der Waals surface area contributed by atoms with Gasteiger partial charge in [-0.05, 0) is 0 Å². The Labute approximate surface area is 185 Å². The van der Waals surface area contributed by atoms with Gasteiger partial charge in [-0.15, -0.1) is 0 Å². The molecule has 2 nitrogen and oxygen atoms in total. The van der Waals surface area contributed by atoms with E-state index in [9.17, 15) is 0 Å². The number of hydrogen-bond donors (Lipinski definition) is 0. The molecule has 0 aliphatic heterocycles. The van der Waals surface area contributed by atoms with Crippen molar-refractivity contribution >= 4 is 0 Å². The van der Waals surface area contributed by atoms with Gasteiger partial charge in [-0.3, -0.25) is 0 Å². The molecule has 108 valence electrons. The first kappa shape index (κ1) is 42.8. The van der Waals surface area contributed by atoms with Crippen LogP contribution in [0, 0.1) is 41.7 Å². The van der Waals surface area contributed by atoms with Crippen molar-refractivity contribution in [2.24, 2.45) is 0 Å². The maximum absolute atomic E-state index is 2.89. The van der Waals surface area contributed by atoms with Gasteiger partial charge in [-0.1, -0.05) is 12.1 Å². The predicted molar refractivity (Wildman–Crippen MR) is 46.0 cm³/mol. The van der Waals surface area contributed by atoms with E-state index in [1.807, 2.05) is 61.2 Å². The Kier molecular flexibility index (Phi) is 82.3. The number of hydrogen-bond acceptors (Lipinski definition) is 0. The number of rotatable bonds is 0. The molecule has 2 aromatic rings. The zero-order valence-electron chi connectivity index (χ0n) is 9.54. The van der Waals surface area contributed by atoms with Crippen LogP contribution in [0.5, 0.6) is 0 Å². The van der Waals surface area contributed by atoms with E-state index >= 15 is 0 Å². The molecule has 0 saturated carbocycles. The maximum Gasteiger partial charge on any atom is 4.00 e. The van der Waals surface area contributed by atoms with E-state index in [2.05, 4.69) is 9.97 Å². The first-order valence-electron chi connectivity index (χ1n) is 3.82. The Balaban J connectivity index is -0.0000000222. The molecular weight excluding hydrogens is 501 g/mol. The molecule has 19 heavy (non-hydrogen) atoms. The molecule has 0 unspecified atom stereocenters. The van der Waals surface area contributed by atoms with Crippen LogP contribution in [-0.4, -0.2) is 0 Å². The van der Waals surface area contributed by atoms with Crippen LogP contribution in [0.1, 0.15) is 0 Å². The molecule has 2 rings (SSSR count). The summed E-state index contributed by atoms with van der Waals surface area (Å²) < 4.78 is 0. The second kappa shape index (κ2) is 36.6. The van der Waals surface area contributed by atoms with Crippen molar-refractivity contribution in [3.63, 3.8) is 0 Å². The van der Waals surface area contributed by atoms with Crippen LogP contribution >= 0.6 is 0 Å². The fraction of sp³-hybridized carbons (Fsp3) is 0. The molecule has 2 N–H and O–H groups in total. The molecule has 0 saturated heterocycles. The van der Waals surface area contributed by atoms with Crippen molar-refractivity contribution in [3.8, 4) is 0 Å². The molecule has 2 aromatic heterocycles. The van der Waals surface area contributed by atoms with E-state index in [-0.39, 0.29) is 116 Å². The topological polar surface area (TPSA) is 28.3 Å². The van der Waals surface area contributed by atoms with Crippen molar-refractivity contribution in [2.45, 2.75) is 0 Å². The molecule has 0 atom stereocenters. The van der Waals surface area contributed by atoms with E-state index in [1.165, 1.54) is 0 Å². The number of halogens is 6. The summed E-state index contributed by atoms with van der Waals surface area (Å²) >= 11 is 0. The van der Waals surface area contributed by atoms with Gasteiger partial charge < -0.3 is 74.4 Å². The molecule has 0 radical (unpaired) electrons. The number of aromatic nitrogens is 2. The minimum atomic E-state index is 0. The quantitative estimate of drug-likeness (QED) is 0.335. The maximum atomic E-state index is 2.89. The van der Waals surface area contributed by atoms with Gasteiger partial charge in [-0.2, -0.15) is 0 Å². The van der Waals surface area contributed by atoms with Crippen molar-refractivity contribution in [1.29, 1.82) is 0 Å². The average molecular weight is 513 g/mol. The molecular formula is C10H12CeCl6N2. The van der Waals surface area contributed by atoms with Crippen molar-refractivity contribution in [1.82, 2.24) is 0 Å². The predicted octanol–water partition coefficient (Wildman–Crippen LogP) is -17.0. The third kappa shape index (κ3) is 32.7. The number of aromatic amines is 2. The number of H-pyrrole nitrogens is 2. The SMILES string of the molecule is [Ce+4].[Cl-].[Cl-].[Cl-].[Cl-].[Cl-].[Cl-].c1cc[nH+]cc1.c1cc[nH+]cc1. The third-order valence-electron chi connectivity index (χ3n) is 1.21. The normalized spacial score (nSPS) is 5.05. The van der Waals surface area contributed by atoms with Crippen molar-refractivity contribution in [3.05, 3.63) is 61.2 Å². The van der Waals surface area contributed by atoms with Gasteiger partial charge in [0.2, 0.25) is 0 Å². The van der Waals surface area contributed by atoms with Crippen LogP contribution < -0.4 is 84.4 Å². The molecule has 0 aromatic carbocycles. The van der Waals surface area contributed by atoms with Gasteiger partial charge in [0, 0.05) is 24.3 Å². The number of nitrogens with one attached hydrogen (secondary N) is 2. The summed E-state index contributed by atoms with van der Waals surface area (Å²) in [6.07, 6.45) is 7.50. The van der Waals surface area contributed by atoms with E-state index < -0.39 is 0 Å². The van der Waals surface area contributed by atoms with Gasteiger partial charge in [-0.25, -0.2) is 9.97 Å². The Morgan fingerprint density at radius 1 is 0.368 bits per heavy atom. The largest absolute Gasteiger partial charge is 4.00 e. The smallest absolute Gasteiger partial charge is 1.00 e. The second-order valence-electron chi connectivity index (χ2n) is 2.15. The fourth-order valence-corrected chi connectivity index (χ4v) is 0.684. The molecule has 0 bridgehead atoms. The average Bonchev–Trinajstić information content (AvgIpc) is 2.24. The van der Waals surface area contributed by atoms with E-state index in [0.717, 1.165) is 0 Å². The number of pyridine rings is 2. The van der Waals surface area contributed by atoms with E-state index in [0.29, 0.717) is 0 Å². The first-order chi connectivity index (χ1) is 6.00. The molecule has 0 spiro atoms. The molecule has 2 heterocycles. The third-order valence-corrected chi connectivity index (χ3v) is 1.21. The molecule has 0 fully saturated rings. The Morgan fingerprint density at radius 3 is 0.632 bits per heavy atom. The minimum absolute atomic E-state index is 0. The Morgan fingerprint density at radius 2 is 0.579 bits per heavy atom. The summed E-state index contributed by atoms with van der Waals surface area (Å²) in [7, 11) is 0. The van der Waals surface area contributed by atoms with Crippen LogP contribution in [0.3, 0.4) is 0 Å². The summed E-state index contributed by atoms with van der Waals surface area (Å²) in [5.74, 6) is 0. The minimum Gasteiger partial charge on any atom is -1.00 e. The zero-order chi connectivity index (χ0) is 8.49. The van der Waals surface area contributed by atoms with Gasteiger partial charge >= 0.3 is 41.7 Å². The summed E-state index contributed by atoms with van der Waals surface area (Å²) in [6.45, 7) is 0. The molecule has 0 aliphatic rings. The monoisotopic (exact) mass is 510 g/mol. The van der Waals surface area contributed by atoms with Crippen LogP contribution in [0.25, 0.3) is 0 Å². The van der Waals surface area contributed by atoms with Crippen molar-refractivity contribution in [2.75, 3.05) is 0 Å². The molecule has 0 amide bonds. The van der Waals surface area contributed by atoms with Gasteiger partial charge in [0.05, 0.1) is 0 Å². The standard InChI is InChI=1S/2C5H5N.Ce.6ClH/c2*1-2-4-6-5-3-1;;;;;;;/h2*1-5H;;6*1H/q;;+4;;;;;;/p-4. The first-order valence-corrected chi connectivity index (χ1v) is 3.82. The van der Waals surface area contributed by atoms with Crippen LogP contribution in [0.2, 0.25) is 0 Å². The van der Waals surface area contributed by atoms with Crippen LogP contribution in [0.15, 0.2) is 61.2 Å². The van der Waals surface area contributed by atoms with E-state index in [4.69, 9.17) is 0 Å². The van der Waals surface area contributed by atoms with E-state index in [1.54, 1.807) is 0 Å². The summed E-state index contributed by atoms with van der Waals surface area (Å²) in [4.78, 5) is 5.78.